The van der Waals surface area contributed by atoms with Crippen LogP contribution >= 0.6 is 11.6 Å². The Labute approximate surface area is 214 Å². The summed E-state index contributed by atoms with van der Waals surface area (Å²) in [5, 5.41) is 6.13. The van der Waals surface area contributed by atoms with E-state index in [1.165, 1.54) is 0 Å². The van der Waals surface area contributed by atoms with Gasteiger partial charge in [-0.05, 0) is 66.6 Å². The van der Waals surface area contributed by atoms with Crippen molar-refractivity contribution in [3.05, 3.63) is 119 Å². The number of hydrogen-bond acceptors (Lipinski definition) is 4. The first-order valence-electron chi connectivity index (χ1n) is 11.4. The number of halogens is 1. The van der Waals surface area contributed by atoms with Crippen LogP contribution in [0, 0.1) is 0 Å². The maximum atomic E-state index is 13.0. The number of nitrogens with zero attached hydrogens (tertiary/aromatic N) is 2. The van der Waals surface area contributed by atoms with Gasteiger partial charge in [-0.2, -0.15) is 0 Å². The Bertz CT molecular complexity index is 1320. The summed E-state index contributed by atoms with van der Waals surface area (Å²) in [6, 6.07) is 23.1. The molecule has 4 rings (SSSR count). The van der Waals surface area contributed by atoms with Gasteiger partial charge in [0, 0.05) is 36.1 Å². The molecule has 0 atom stereocenters. The van der Waals surface area contributed by atoms with Gasteiger partial charge in [-0.25, -0.2) is 4.98 Å². The fourth-order valence-corrected chi connectivity index (χ4v) is 3.52. The second-order valence-corrected chi connectivity index (χ2v) is 8.35. The Kier molecular flexibility index (Phi) is 8.51. The number of benzene rings is 3. The van der Waals surface area contributed by atoms with E-state index in [0.29, 0.717) is 40.6 Å². The predicted molar refractivity (Wildman–Crippen MR) is 140 cm³/mol. The maximum absolute atomic E-state index is 13.0. The number of carbonyl (C=O) groups is 2. The summed E-state index contributed by atoms with van der Waals surface area (Å²) in [6.45, 7) is 1.15. The van der Waals surface area contributed by atoms with Gasteiger partial charge in [-0.3, -0.25) is 9.59 Å². The Morgan fingerprint density at radius 3 is 2.50 bits per heavy atom. The van der Waals surface area contributed by atoms with Crippen molar-refractivity contribution in [2.75, 3.05) is 6.54 Å². The van der Waals surface area contributed by atoms with Crippen molar-refractivity contribution in [2.45, 2.75) is 13.0 Å². The quantitative estimate of drug-likeness (QED) is 0.228. The number of rotatable bonds is 10. The summed E-state index contributed by atoms with van der Waals surface area (Å²) in [4.78, 5) is 29.9. The minimum atomic E-state index is -0.414. The molecule has 2 N–H and O–H groups in total. The Hall–Kier alpha value is -4.36. The van der Waals surface area contributed by atoms with E-state index in [9.17, 15) is 9.59 Å². The minimum Gasteiger partial charge on any atom is -0.457 e. The normalized spacial score (nSPS) is 11.1. The third-order valence-electron chi connectivity index (χ3n) is 5.19. The molecule has 1 heterocycles. The molecule has 1 aromatic heterocycles. The number of nitrogens with one attached hydrogen (secondary N) is 2. The average molecular weight is 501 g/mol. The molecule has 0 radical (unpaired) electrons. The van der Waals surface area contributed by atoms with Gasteiger partial charge in [0.2, 0.25) is 0 Å². The van der Waals surface area contributed by atoms with Crippen molar-refractivity contribution in [3.63, 3.8) is 0 Å². The molecule has 0 bridgehead atoms. The topological polar surface area (TPSA) is 85.2 Å². The van der Waals surface area contributed by atoms with Crippen molar-refractivity contribution in [1.29, 1.82) is 0 Å². The highest BCUT2D eigenvalue weighted by atomic mass is 35.5. The van der Waals surface area contributed by atoms with Gasteiger partial charge in [0.15, 0.2) is 0 Å². The third kappa shape index (κ3) is 7.32. The summed E-state index contributed by atoms with van der Waals surface area (Å²) in [7, 11) is 0. The number of aromatic nitrogens is 2. The summed E-state index contributed by atoms with van der Waals surface area (Å²) in [5.74, 6) is 0.505. The average Bonchev–Trinajstić information content (AvgIpc) is 3.41. The molecule has 7 nitrogen and oxygen atoms in total. The lowest BCUT2D eigenvalue weighted by molar-refractivity contribution is -0.117. The number of para-hydroxylation sites is 1. The van der Waals surface area contributed by atoms with Crippen molar-refractivity contribution >= 4 is 29.5 Å². The zero-order valence-corrected chi connectivity index (χ0v) is 20.2. The van der Waals surface area contributed by atoms with E-state index in [2.05, 4.69) is 15.6 Å². The molecule has 0 saturated heterocycles. The lowest BCUT2D eigenvalue weighted by Gasteiger charge is -2.12. The van der Waals surface area contributed by atoms with Crippen LogP contribution in [-0.4, -0.2) is 27.9 Å². The molecule has 36 heavy (non-hydrogen) atoms. The van der Waals surface area contributed by atoms with Crippen molar-refractivity contribution < 1.29 is 14.3 Å². The number of ether oxygens (including phenoxy) is 1. The fraction of sp³-hybridized carbons (Fsp3) is 0.107. The highest BCUT2D eigenvalue weighted by molar-refractivity contribution is 6.30. The lowest BCUT2D eigenvalue weighted by atomic mass is 10.1. The summed E-state index contributed by atoms with van der Waals surface area (Å²) >= 11 is 5.94. The van der Waals surface area contributed by atoms with Crippen molar-refractivity contribution in [3.8, 4) is 11.5 Å². The zero-order valence-electron chi connectivity index (χ0n) is 19.4. The van der Waals surface area contributed by atoms with Gasteiger partial charge in [-0.15, -0.1) is 0 Å². The second kappa shape index (κ2) is 12.4. The molecule has 0 saturated carbocycles. The van der Waals surface area contributed by atoms with Crippen LogP contribution in [0.5, 0.6) is 11.5 Å². The first kappa shape index (κ1) is 24.8. The molecule has 4 aromatic rings. The van der Waals surface area contributed by atoms with Crippen LogP contribution in [0.25, 0.3) is 6.08 Å². The molecule has 0 aliphatic carbocycles. The van der Waals surface area contributed by atoms with Crippen LogP contribution in [0.2, 0.25) is 5.02 Å². The van der Waals surface area contributed by atoms with Gasteiger partial charge in [0.25, 0.3) is 11.8 Å². The van der Waals surface area contributed by atoms with Crippen LogP contribution in [0.3, 0.4) is 0 Å². The van der Waals surface area contributed by atoms with E-state index < -0.39 is 11.8 Å². The predicted octanol–water partition coefficient (Wildman–Crippen LogP) is 5.31. The van der Waals surface area contributed by atoms with Gasteiger partial charge >= 0.3 is 0 Å². The van der Waals surface area contributed by atoms with E-state index in [-0.39, 0.29) is 5.70 Å². The first-order valence-corrected chi connectivity index (χ1v) is 11.8. The number of amides is 2. The smallest absolute Gasteiger partial charge is 0.267 e. The summed E-state index contributed by atoms with van der Waals surface area (Å²) < 4.78 is 7.83. The summed E-state index contributed by atoms with van der Waals surface area (Å²) in [6.07, 6.45) is 7.63. The number of aryl methyl sites for hydroxylation is 1. The van der Waals surface area contributed by atoms with Gasteiger partial charge in [-0.1, -0.05) is 41.9 Å². The standard InChI is InChI=1S/C28H25ClN4O3/c29-23-12-10-22(11-13-23)27(34)32-26(28(35)31-14-5-16-33-17-15-30-20-33)19-21-6-4-9-25(18-21)36-24-7-2-1-3-8-24/h1-4,6-13,15,17-20H,5,14,16H2,(H,31,35)(H,32,34). The zero-order chi connectivity index (χ0) is 25.2. The van der Waals surface area contributed by atoms with E-state index >= 15 is 0 Å². The summed E-state index contributed by atoms with van der Waals surface area (Å²) in [5.41, 5.74) is 1.21. The molecular formula is C28H25ClN4O3. The molecule has 182 valence electrons. The first-order chi connectivity index (χ1) is 17.6. The highest BCUT2D eigenvalue weighted by Crippen LogP contribution is 2.23. The number of imidazole rings is 1. The maximum Gasteiger partial charge on any atom is 0.267 e. The van der Waals surface area contributed by atoms with Crippen LogP contribution in [0.4, 0.5) is 0 Å². The SMILES string of the molecule is O=C(NCCCn1ccnc1)C(=Cc1cccc(Oc2ccccc2)c1)NC(=O)c1ccc(Cl)cc1. The molecule has 3 aromatic carbocycles. The highest BCUT2D eigenvalue weighted by Gasteiger charge is 2.15. The van der Waals surface area contributed by atoms with Crippen LogP contribution in [0.15, 0.2) is 103 Å². The van der Waals surface area contributed by atoms with Crippen molar-refractivity contribution in [2.24, 2.45) is 0 Å². The lowest BCUT2D eigenvalue weighted by Crippen LogP contribution is -2.35. The van der Waals surface area contributed by atoms with Crippen LogP contribution in [-0.2, 0) is 11.3 Å². The molecule has 0 spiro atoms. The number of hydrogen-bond donors (Lipinski definition) is 2. The van der Waals surface area contributed by atoms with E-state index in [1.54, 1.807) is 48.9 Å². The third-order valence-corrected chi connectivity index (χ3v) is 5.44. The monoisotopic (exact) mass is 500 g/mol. The van der Waals surface area contributed by atoms with Crippen LogP contribution < -0.4 is 15.4 Å². The molecule has 0 aliphatic heterocycles. The fourth-order valence-electron chi connectivity index (χ4n) is 3.39. The molecule has 8 heteroatoms. The molecule has 0 aliphatic rings. The molecule has 0 unspecified atom stereocenters. The Morgan fingerprint density at radius 1 is 0.972 bits per heavy atom. The van der Waals surface area contributed by atoms with Gasteiger partial charge in [0.05, 0.1) is 6.33 Å². The molecular weight excluding hydrogens is 476 g/mol. The minimum absolute atomic E-state index is 0.120. The number of carbonyl (C=O) groups excluding carboxylic acids is 2. The van der Waals surface area contributed by atoms with E-state index in [4.69, 9.17) is 16.3 Å². The van der Waals surface area contributed by atoms with E-state index in [1.807, 2.05) is 59.3 Å². The van der Waals surface area contributed by atoms with Gasteiger partial charge in [0.1, 0.15) is 17.2 Å². The second-order valence-electron chi connectivity index (χ2n) is 7.92. The van der Waals surface area contributed by atoms with Crippen molar-refractivity contribution in [1.82, 2.24) is 20.2 Å². The largest absolute Gasteiger partial charge is 0.457 e. The van der Waals surface area contributed by atoms with Gasteiger partial charge < -0.3 is 19.9 Å². The molecule has 2 amide bonds. The van der Waals surface area contributed by atoms with E-state index in [0.717, 1.165) is 6.54 Å². The molecule has 0 fully saturated rings. The van der Waals surface area contributed by atoms with Crippen LogP contribution in [0.1, 0.15) is 22.3 Å². The Morgan fingerprint density at radius 2 is 1.75 bits per heavy atom. The Balaban J connectivity index is 1.50.